The van der Waals surface area contributed by atoms with Crippen molar-refractivity contribution < 1.29 is 18.0 Å². The molecule has 30 heavy (non-hydrogen) atoms. The smallest absolute Gasteiger partial charge is 0.238 e. The third-order valence-electron chi connectivity index (χ3n) is 5.28. The van der Waals surface area contributed by atoms with Gasteiger partial charge < -0.3 is 10.2 Å². The Hall–Kier alpha value is -2.71. The lowest BCUT2D eigenvalue weighted by Crippen LogP contribution is -2.32. The number of nitrogens with zero attached hydrogens (tertiary/aromatic N) is 1. The lowest BCUT2D eigenvalue weighted by Gasteiger charge is -2.17. The van der Waals surface area contributed by atoms with Crippen LogP contribution in [0, 0.1) is 5.92 Å². The van der Waals surface area contributed by atoms with Gasteiger partial charge in [-0.1, -0.05) is 37.6 Å². The second-order valence-corrected chi connectivity index (χ2v) is 9.14. The van der Waals surface area contributed by atoms with E-state index in [1.165, 1.54) is 17.7 Å². The first-order valence-electron chi connectivity index (χ1n) is 10.1. The van der Waals surface area contributed by atoms with Crippen molar-refractivity contribution in [3.05, 3.63) is 59.7 Å². The zero-order valence-corrected chi connectivity index (χ0v) is 17.8. The van der Waals surface area contributed by atoms with Crippen molar-refractivity contribution >= 4 is 27.5 Å². The lowest BCUT2D eigenvalue weighted by atomic mass is 10.1. The fraction of sp³-hybridized carbons (Fsp3) is 0.364. The molecule has 0 radical (unpaired) electrons. The summed E-state index contributed by atoms with van der Waals surface area (Å²) in [4.78, 5) is 26.6. The number of hydrogen-bond donors (Lipinski definition) is 2. The van der Waals surface area contributed by atoms with Crippen LogP contribution < -0.4 is 15.4 Å². The van der Waals surface area contributed by atoms with Crippen molar-refractivity contribution in [3.63, 3.8) is 0 Å². The second-order valence-electron chi connectivity index (χ2n) is 7.58. The number of nitrogens with two attached hydrogens (primary N) is 1. The molecule has 0 saturated carbocycles. The molecule has 1 aliphatic rings. The van der Waals surface area contributed by atoms with Gasteiger partial charge in [0.15, 0.2) is 0 Å². The molecule has 1 fully saturated rings. The molecule has 7 nitrogen and oxygen atoms in total. The number of carbonyl (C=O) groups is 2. The van der Waals surface area contributed by atoms with E-state index >= 15 is 0 Å². The van der Waals surface area contributed by atoms with Gasteiger partial charge in [0.1, 0.15) is 0 Å². The maximum Gasteiger partial charge on any atom is 0.238 e. The van der Waals surface area contributed by atoms with Gasteiger partial charge in [0, 0.05) is 25.2 Å². The van der Waals surface area contributed by atoms with E-state index in [9.17, 15) is 18.0 Å². The highest BCUT2D eigenvalue weighted by molar-refractivity contribution is 7.89. The summed E-state index contributed by atoms with van der Waals surface area (Å²) in [5.41, 5.74) is 2.81. The fourth-order valence-electron chi connectivity index (χ4n) is 3.49. The van der Waals surface area contributed by atoms with Gasteiger partial charge in [0.2, 0.25) is 21.8 Å². The summed E-state index contributed by atoms with van der Waals surface area (Å²) in [6.45, 7) is 2.76. The Morgan fingerprint density at radius 3 is 2.33 bits per heavy atom. The summed E-state index contributed by atoms with van der Waals surface area (Å²) >= 11 is 0. The molecule has 1 saturated heterocycles. The molecule has 0 aliphatic carbocycles. The first-order chi connectivity index (χ1) is 14.3. The van der Waals surface area contributed by atoms with Gasteiger partial charge in [0.25, 0.3) is 0 Å². The molecule has 2 amide bonds. The van der Waals surface area contributed by atoms with E-state index in [-0.39, 0.29) is 29.7 Å². The number of sulfonamides is 1. The van der Waals surface area contributed by atoms with Gasteiger partial charge in [-0.2, -0.15) is 0 Å². The molecule has 160 valence electrons. The molecule has 1 atom stereocenters. The zero-order valence-electron chi connectivity index (χ0n) is 17.0. The molecule has 1 heterocycles. The second kappa shape index (κ2) is 9.40. The number of anilines is 1. The van der Waals surface area contributed by atoms with Crippen molar-refractivity contribution in [2.45, 2.75) is 44.0 Å². The van der Waals surface area contributed by atoms with Crippen LogP contribution in [-0.2, 0) is 32.6 Å². The maximum atomic E-state index is 12.5. The molecule has 3 N–H and O–H groups in total. The van der Waals surface area contributed by atoms with Crippen LogP contribution in [0.15, 0.2) is 53.4 Å². The Bertz CT molecular complexity index is 1000. The molecule has 0 bridgehead atoms. The van der Waals surface area contributed by atoms with E-state index < -0.39 is 15.9 Å². The third kappa shape index (κ3) is 5.46. The van der Waals surface area contributed by atoms with Crippen molar-refractivity contribution in [2.75, 3.05) is 11.4 Å². The van der Waals surface area contributed by atoms with E-state index in [4.69, 9.17) is 5.14 Å². The molecule has 2 aromatic rings. The van der Waals surface area contributed by atoms with Crippen LogP contribution >= 0.6 is 0 Å². The average Bonchev–Trinajstić information content (AvgIpc) is 3.12. The van der Waals surface area contributed by atoms with Crippen molar-refractivity contribution in [1.29, 1.82) is 0 Å². The highest BCUT2D eigenvalue weighted by Gasteiger charge is 2.34. The number of amides is 2. The Balaban J connectivity index is 1.56. The SMILES string of the molecule is CCCCc1ccc(N2CC(C(=O)NCc3ccc(S(N)(=O)=O)cc3)CC2=O)cc1. The third-order valence-corrected chi connectivity index (χ3v) is 6.21. The van der Waals surface area contributed by atoms with Crippen LogP contribution in [0.25, 0.3) is 0 Å². The van der Waals surface area contributed by atoms with Gasteiger partial charge in [-0.05, 0) is 48.2 Å². The van der Waals surface area contributed by atoms with Gasteiger partial charge in [-0.15, -0.1) is 0 Å². The first-order valence-corrected chi connectivity index (χ1v) is 11.6. The molecular formula is C22H27N3O4S. The predicted molar refractivity (Wildman–Crippen MR) is 115 cm³/mol. The van der Waals surface area contributed by atoms with Gasteiger partial charge in [-0.3, -0.25) is 9.59 Å². The number of unbranched alkanes of at least 4 members (excludes halogenated alkanes) is 1. The summed E-state index contributed by atoms with van der Waals surface area (Å²) in [6, 6.07) is 14.0. The van der Waals surface area contributed by atoms with Gasteiger partial charge in [0.05, 0.1) is 10.8 Å². The number of primary sulfonamides is 1. The number of carbonyl (C=O) groups excluding carboxylic acids is 2. The predicted octanol–water partition coefficient (Wildman–Crippen LogP) is 2.35. The average molecular weight is 430 g/mol. The minimum Gasteiger partial charge on any atom is -0.352 e. The molecule has 1 aliphatic heterocycles. The van der Waals surface area contributed by atoms with Gasteiger partial charge >= 0.3 is 0 Å². The number of benzene rings is 2. The van der Waals surface area contributed by atoms with Crippen LogP contribution in [0.3, 0.4) is 0 Å². The minimum absolute atomic E-state index is 0.0234. The van der Waals surface area contributed by atoms with Crippen LogP contribution in [0.4, 0.5) is 5.69 Å². The summed E-state index contributed by atoms with van der Waals surface area (Å²) in [7, 11) is -3.74. The van der Waals surface area contributed by atoms with Crippen molar-refractivity contribution in [1.82, 2.24) is 5.32 Å². The molecule has 0 spiro atoms. The highest BCUT2D eigenvalue weighted by atomic mass is 32.2. The topological polar surface area (TPSA) is 110 Å². The Morgan fingerprint density at radius 1 is 1.10 bits per heavy atom. The van der Waals surface area contributed by atoms with Crippen LogP contribution in [0.1, 0.15) is 37.3 Å². The molecule has 1 unspecified atom stereocenters. The molecular weight excluding hydrogens is 402 g/mol. The molecule has 8 heteroatoms. The zero-order chi connectivity index (χ0) is 21.7. The summed E-state index contributed by atoms with van der Waals surface area (Å²) < 4.78 is 22.6. The molecule has 3 rings (SSSR count). The van der Waals surface area contributed by atoms with Crippen LogP contribution in [0.2, 0.25) is 0 Å². The highest BCUT2D eigenvalue weighted by Crippen LogP contribution is 2.26. The van der Waals surface area contributed by atoms with E-state index in [2.05, 4.69) is 12.2 Å². The molecule has 2 aromatic carbocycles. The monoisotopic (exact) mass is 429 g/mol. The summed E-state index contributed by atoms with van der Waals surface area (Å²) in [5, 5.41) is 7.91. The number of nitrogens with one attached hydrogen (secondary N) is 1. The Morgan fingerprint density at radius 2 is 1.73 bits per heavy atom. The Kier molecular flexibility index (Phi) is 6.89. The lowest BCUT2D eigenvalue weighted by molar-refractivity contribution is -0.126. The Labute approximate surface area is 177 Å². The maximum absolute atomic E-state index is 12.5. The van der Waals surface area contributed by atoms with E-state index in [1.807, 2.05) is 24.3 Å². The summed E-state index contributed by atoms with van der Waals surface area (Å²) in [6.07, 6.45) is 3.47. The van der Waals surface area contributed by atoms with Gasteiger partial charge in [-0.25, -0.2) is 13.6 Å². The first kappa shape index (κ1) is 22.0. The van der Waals surface area contributed by atoms with E-state index in [1.54, 1.807) is 17.0 Å². The van der Waals surface area contributed by atoms with Crippen molar-refractivity contribution in [3.8, 4) is 0 Å². The van der Waals surface area contributed by atoms with E-state index in [0.717, 1.165) is 30.5 Å². The minimum atomic E-state index is -3.74. The standard InChI is InChI=1S/C22H27N3O4S/c1-2-3-4-16-5-9-19(10-6-16)25-15-18(13-21(25)26)22(27)24-14-17-7-11-20(12-8-17)30(23,28)29/h5-12,18H,2-4,13-15H2,1H3,(H,24,27)(H2,23,28,29). The molecule has 0 aromatic heterocycles. The summed E-state index contributed by atoms with van der Waals surface area (Å²) in [5.74, 6) is -0.670. The fourth-order valence-corrected chi connectivity index (χ4v) is 4.00. The van der Waals surface area contributed by atoms with E-state index in [0.29, 0.717) is 6.54 Å². The normalized spacial score (nSPS) is 16.7. The largest absolute Gasteiger partial charge is 0.352 e. The van der Waals surface area contributed by atoms with Crippen molar-refractivity contribution in [2.24, 2.45) is 11.1 Å². The number of hydrogen-bond acceptors (Lipinski definition) is 4. The van der Waals surface area contributed by atoms with Crippen LogP contribution in [0.5, 0.6) is 0 Å². The quantitative estimate of drug-likeness (QED) is 0.671. The number of rotatable bonds is 8. The van der Waals surface area contributed by atoms with Crippen LogP contribution in [-0.4, -0.2) is 26.8 Å². The number of aryl methyl sites for hydroxylation is 1.